The highest BCUT2D eigenvalue weighted by atomic mass is 79.9. The molecule has 0 fully saturated rings. The van der Waals surface area contributed by atoms with Crippen molar-refractivity contribution < 1.29 is 14.1 Å². The van der Waals surface area contributed by atoms with Gasteiger partial charge in [0.05, 0.1) is 9.95 Å². The number of ketones is 1. The van der Waals surface area contributed by atoms with Crippen molar-refractivity contribution in [1.82, 2.24) is 4.98 Å². The van der Waals surface area contributed by atoms with Crippen LogP contribution in [0.2, 0.25) is 5.02 Å². The predicted octanol–water partition coefficient (Wildman–Crippen LogP) is 3.78. The van der Waals surface area contributed by atoms with Crippen molar-refractivity contribution in [2.45, 2.75) is 0 Å². The lowest BCUT2D eigenvalue weighted by atomic mass is 10.1. The highest BCUT2D eigenvalue weighted by Crippen LogP contribution is 2.26. The second kappa shape index (κ2) is 5.64. The van der Waals surface area contributed by atoms with Gasteiger partial charge >= 0.3 is 0 Å². The van der Waals surface area contributed by atoms with Gasteiger partial charge in [-0.1, -0.05) is 11.6 Å². The zero-order valence-electron chi connectivity index (χ0n) is 9.64. The Labute approximate surface area is 125 Å². The molecule has 0 N–H and O–H groups in total. The molecule has 102 valence electrons. The maximum absolute atomic E-state index is 13.2. The number of pyridine rings is 1. The van der Waals surface area contributed by atoms with Gasteiger partial charge in [-0.25, -0.2) is 9.37 Å². The molecule has 1 aromatic heterocycles. The summed E-state index contributed by atoms with van der Waals surface area (Å²) < 4.78 is 13.5. The van der Waals surface area contributed by atoms with E-state index >= 15 is 0 Å². The number of hydrogen-bond donors (Lipinski definition) is 0. The van der Waals surface area contributed by atoms with Gasteiger partial charge in [-0.2, -0.15) is 0 Å². The maximum atomic E-state index is 13.2. The molecule has 0 bridgehead atoms. The fourth-order valence-electron chi connectivity index (χ4n) is 1.54. The molecule has 2 aromatic rings. The van der Waals surface area contributed by atoms with Crippen molar-refractivity contribution in [1.29, 1.82) is 0 Å². The van der Waals surface area contributed by atoms with Gasteiger partial charge in [-0.15, -0.1) is 0 Å². The summed E-state index contributed by atoms with van der Waals surface area (Å²) in [6.45, 7) is 0. The molecule has 0 aliphatic heterocycles. The molecular formula is C12H5BrClFN2O3. The smallest absolute Gasteiger partial charge is 0.287 e. The number of hydrogen-bond acceptors (Lipinski definition) is 4. The van der Waals surface area contributed by atoms with E-state index in [0.29, 0.717) is 4.47 Å². The third-order valence-corrected chi connectivity index (χ3v) is 3.18. The van der Waals surface area contributed by atoms with Gasteiger partial charge in [0, 0.05) is 22.3 Å². The van der Waals surface area contributed by atoms with E-state index in [-0.39, 0.29) is 10.6 Å². The third-order valence-electron chi connectivity index (χ3n) is 2.42. The fraction of sp³-hybridized carbons (Fsp3) is 0. The summed E-state index contributed by atoms with van der Waals surface area (Å²) >= 11 is 8.84. The van der Waals surface area contributed by atoms with Crippen LogP contribution in [0.15, 0.2) is 34.9 Å². The van der Waals surface area contributed by atoms with Gasteiger partial charge in [-0.3, -0.25) is 14.9 Å². The summed E-state index contributed by atoms with van der Waals surface area (Å²) in [5, 5.41) is 10.9. The Hall–Kier alpha value is -1.86. The summed E-state index contributed by atoms with van der Waals surface area (Å²) in [5.41, 5.74) is -1.06. The van der Waals surface area contributed by atoms with Gasteiger partial charge in [-0.05, 0) is 34.1 Å². The van der Waals surface area contributed by atoms with Crippen molar-refractivity contribution in [2.75, 3.05) is 0 Å². The molecule has 2 rings (SSSR count). The molecule has 5 nitrogen and oxygen atoms in total. The van der Waals surface area contributed by atoms with E-state index in [2.05, 4.69) is 20.9 Å². The number of nitro groups is 1. The van der Waals surface area contributed by atoms with Crippen molar-refractivity contribution in [3.8, 4) is 0 Å². The second-order valence-corrected chi connectivity index (χ2v) is 5.05. The maximum Gasteiger partial charge on any atom is 0.300 e. The number of aromatic nitrogens is 1. The summed E-state index contributed by atoms with van der Waals surface area (Å²) in [6.07, 6.45) is 1.24. The first-order valence-corrected chi connectivity index (χ1v) is 6.37. The largest absolute Gasteiger partial charge is 0.300 e. The van der Waals surface area contributed by atoms with Crippen LogP contribution in [0.3, 0.4) is 0 Å². The molecule has 1 aromatic carbocycles. The predicted molar refractivity (Wildman–Crippen MR) is 73.4 cm³/mol. The van der Waals surface area contributed by atoms with Crippen LogP contribution in [0.25, 0.3) is 0 Å². The average molecular weight is 360 g/mol. The number of nitrogens with zero attached hydrogens (tertiary/aromatic N) is 2. The molecule has 0 aliphatic carbocycles. The zero-order valence-corrected chi connectivity index (χ0v) is 12.0. The highest BCUT2D eigenvalue weighted by molar-refractivity contribution is 9.10. The minimum absolute atomic E-state index is 0.00424. The summed E-state index contributed by atoms with van der Waals surface area (Å²) in [4.78, 5) is 26.2. The molecule has 0 saturated carbocycles. The van der Waals surface area contributed by atoms with E-state index in [1.807, 2.05) is 0 Å². The van der Waals surface area contributed by atoms with Gasteiger partial charge in [0.1, 0.15) is 5.82 Å². The van der Waals surface area contributed by atoms with Crippen LogP contribution >= 0.6 is 27.5 Å². The SMILES string of the molecule is O=C(c1cc(F)ccc1Cl)c1ncc(Br)cc1[N+](=O)[O-]. The Morgan fingerprint density at radius 2 is 2.10 bits per heavy atom. The van der Waals surface area contributed by atoms with Crippen LogP contribution in [-0.4, -0.2) is 15.7 Å². The van der Waals surface area contributed by atoms with Crippen LogP contribution in [0.4, 0.5) is 10.1 Å². The molecule has 8 heteroatoms. The molecule has 0 atom stereocenters. The minimum Gasteiger partial charge on any atom is -0.287 e. The topological polar surface area (TPSA) is 73.1 Å². The Morgan fingerprint density at radius 1 is 1.40 bits per heavy atom. The van der Waals surface area contributed by atoms with Gasteiger partial charge < -0.3 is 0 Å². The Morgan fingerprint density at radius 3 is 2.75 bits per heavy atom. The van der Waals surface area contributed by atoms with Crippen LogP contribution in [0, 0.1) is 15.9 Å². The normalized spacial score (nSPS) is 10.3. The van der Waals surface area contributed by atoms with E-state index in [1.54, 1.807) is 0 Å². The molecule has 0 saturated heterocycles. The lowest BCUT2D eigenvalue weighted by Gasteiger charge is -2.04. The number of benzene rings is 1. The summed E-state index contributed by atoms with van der Waals surface area (Å²) in [5.74, 6) is -1.48. The molecule has 0 amide bonds. The van der Waals surface area contributed by atoms with Crippen molar-refractivity contribution >= 4 is 39.0 Å². The van der Waals surface area contributed by atoms with Gasteiger partial charge in [0.2, 0.25) is 5.78 Å². The Balaban J connectivity index is 2.59. The third kappa shape index (κ3) is 2.83. The van der Waals surface area contributed by atoms with Crippen LogP contribution in [0.1, 0.15) is 16.1 Å². The number of rotatable bonds is 3. The van der Waals surface area contributed by atoms with Crippen molar-refractivity contribution in [2.24, 2.45) is 0 Å². The van der Waals surface area contributed by atoms with Crippen molar-refractivity contribution in [3.63, 3.8) is 0 Å². The molecule has 0 spiro atoms. The molecule has 0 unspecified atom stereocenters. The van der Waals surface area contributed by atoms with E-state index < -0.39 is 27.9 Å². The van der Waals surface area contributed by atoms with Crippen LogP contribution in [0.5, 0.6) is 0 Å². The number of carbonyl (C=O) groups is 1. The molecule has 20 heavy (non-hydrogen) atoms. The Bertz CT molecular complexity index is 724. The van der Waals surface area contributed by atoms with Gasteiger partial charge in [0.15, 0.2) is 5.69 Å². The van der Waals surface area contributed by atoms with E-state index in [4.69, 9.17) is 11.6 Å². The number of carbonyl (C=O) groups excluding carboxylic acids is 1. The molecule has 0 aliphatic rings. The average Bonchev–Trinajstić information content (AvgIpc) is 2.40. The molecular weight excluding hydrogens is 354 g/mol. The minimum atomic E-state index is -0.811. The van der Waals surface area contributed by atoms with Gasteiger partial charge in [0.25, 0.3) is 5.69 Å². The standard InChI is InChI=1S/C12H5BrClFN2O3/c13-6-3-10(17(19)20)11(16-5-6)12(18)8-4-7(15)1-2-9(8)14/h1-5H. The second-order valence-electron chi connectivity index (χ2n) is 3.73. The zero-order chi connectivity index (χ0) is 14.9. The van der Waals surface area contributed by atoms with E-state index in [9.17, 15) is 19.3 Å². The highest BCUT2D eigenvalue weighted by Gasteiger charge is 2.25. The molecule has 1 heterocycles. The van der Waals surface area contributed by atoms with Crippen molar-refractivity contribution in [3.05, 3.63) is 67.1 Å². The first-order chi connectivity index (χ1) is 9.40. The fourth-order valence-corrected chi connectivity index (χ4v) is 2.06. The first kappa shape index (κ1) is 14.5. The van der Waals surface area contributed by atoms with E-state index in [0.717, 1.165) is 18.2 Å². The van der Waals surface area contributed by atoms with Crippen LogP contribution in [-0.2, 0) is 0 Å². The first-order valence-electron chi connectivity index (χ1n) is 5.20. The van der Waals surface area contributed by atoms with Crippen LogP contribution < -0.4 is 0 Å². The quantitative estimate of drug-likeness (QED) is 0.475. The number of halogens is 3. The lowest BCUT2D eigenvalue weighted by molar-refractivity contribution is -0.385. The molecule has 0 radical (unpaired) electrons. The Kier molecular flexibility index (Phi) is 4.10. The lowest BCUT2D eigenvalue weighted by Crippen LogP contribution is -2.09. The van der Waals surface area contributed by atoms with E-state index in [1.165, 1.54) is 12.3 Å². The summed E-state index contributed by atoms with van der Waals surface area (Å²) in [7, 11) is 0. The summed E-state index contributed by atoms with van der Waals surface area (Å²) in [6, 6.07) is 4.35. The monoisotopic (exact) mass is 358 g/mol.